The van der Waals surface area contributed by atoms with Crippen molar-refractivity contribution >= 4 is 11.6 Å². The van der Waals surface area contributed by atoms with Crippen molar-refractivity contribution in [3.05, 3.63) is 59.7 Å². The molecule has 0 aliphatic carbocycles. The molecule has 4 heteroatoms. The van der Waals surface area contributed by atoms with E-state index in [2.05, 4.69) is 41.4 Å². The number of benzene rings is 2. The fourth-order valence-corrected chi connectivity index (χ4v) is 3.25. The molecule has 1 fully saturated rings. The third kappa shape index (κ3) is 4.83. The van der Waals surface area contributed by atoms with Crippen LogP contribution in [0.4, 0.5) is 5.69 Å². The molecule has 0 spiro atoms. The molecule has 1 aliphatic rings. The molecular weight excluding hydrogens is 312 g/mol. The van der Waals surface area contributed by atoms with Crippen LogP contribution in [0.25, 0.3) is 0 Å². The molecule has 1 heterocycles. The Morgan fingerprint density at radius 2 is 1.88 bits per heavy atom. The highest BCUT2D eigenvalue weighted by Crippen LogP contribution is 2.22. The monoisotopic (exact) mass is 338 g/mol. The molecule has 0 atom stereocenters. The van der Waals surface area contributed by atoms with Crippen LogP contribution in [0.3, 0.4) is 0 Å². The SMILES string of the molecule is COc1cccc(NC(=O)C2CCN(Cc3ccc(C)cc3)CC2)c1. The molecule has 1 aliphatic heterocycles. The van der Waals surface area contributed by atoms with E-state index in [1.165, 1.54) is 11.1 Å². The molecule has 1 amide bonds. The summed E-state index contributed by atoms with van der Waals surface area (Å²) in [5, 5.41) is 3.02. The average Bonchev–Trinajstić information content (AvgIpc) is 2.64. The number of rotatable bonds is 5. The van der Waals surface area contributed by atoms with Gasteiger partial charge < -0.3 is 10.1 Å². The van der Waals surface area contributed by atoms with E-state index in [9.17, 15) is 4.79 Å². The van der Waals surface area contributed by atoms with Crippen LogP contribution in [-0.4, -0.2) is 31.0 Å². The quantitative estimate of drug-likeness (QED) is 0.900. The summed E-state index contributed by atoms with van der Waals surface area (Å²) in [5.41, 5.74) is 3.42. The zero-order chi connectivity index (χ0) is 17.6. The zero-order valence-electron chi connectivity index (χ0n) is 15.0. The van der Waals surface area contributed by atoms with Gasteiger partial charge in [-0.05, 0) is 50.6 Å². The predicted molar refractivity (Wildman–Crippen MR) is 101 cm³/mol. The van der Waals surface area contributed by atoms with Crippen LogP contribution in [0.1, 0.15) is 24.0 Å². The summed E-state index contributed by atoms with van der Waals surface area (Å²) in [6, 6.07) is 16.2. The Hall–Kier alpha value is -2.33. The Labute approximate surface area is 149 Å². The molecule has 1 N–H and O–H groups in total. The summed E-state index contributed by atoms with van der Waals surface area (Å²) in [6.45, 7) is 4.99. The number of methoxy groups -OCH3 is 1. The molecule has 0 saturated carbocycles. The lowest BCUT2D eigenvalue weighted by Gasteiger charge is -2.31. The number of likely N-dealkylation sites (tertiary alicyclic amines) is 1. The van der Waals surface area contributed by atoms with Gasteiger partial charge in [0, 0.05) is 24.2 Å². The van der Waals surface area contributed by atoms with Gasteiger partial charge in [0.2, 0.25) is 5.91 Å². The van der Waals surface area contributed by atoms with E-state index in [-0.39, 0.29) is 11.8 Å². The van der Waals surface area contributed by atoms with Gasteiger partial charge in [0.25, 0.3) is 0 Å². The first-order chi connectivity index (χ1) is 12.1. The lowest BCUT2D eigenvalue weighted by Crippen LogP contribution is -2.37. The van der Waals surface area contributed by atoms with Gasteiger partial charge >= 0.3 is 0 Å². The molecular formula is C21H26N2O2. The Bertz CT molecular complexity index is 704. The minimum atomic E-state index is 0.0838. The predicted octanol–water partition coefficient (Wildman–Crippen LogP) is 3.85. The van der Waals surface area contributed by atoms with Crippen molar-refractivity contribution in [1.29, 1.82) is 0 Å². The highest BCUT2D eigenvalue weighted by Gasteiger charge is 2.25. The lowest BCUT2D eigenvalue weighted by atomic mass is 9.95. The minimum absolute atomic E-state index is 0.0838. The van der Waals surface area contributed by atoms with E-state index in [4.69, 9.17) is 4.74 Å². The van der Waals surface area contributed by atoms with Crippen molar-refractivity contribution in [2.45, 2.75) is 26.3 Å². The zero-order valence-corrected chi connectivity index (χ0v) is 15.0. The van der Waals surface area contributed by atoms with Crippen molar-refractivity contribution in [2.24, 2.45) is 5.92 Å². The first kappa shape index (κ1) is 17.5. The number of ether oxygens (including phenoxy) is 1. The fourth-order valence-electron chi connectivity index (χ4n) is 3.25. The molecule has 0 bridgehead atoms. The Morgan fingerprint density at radius 1 is 1.16 bits per heavy atom. The van der Waals surface area contributed by atoms with Crippen molar-refractivity contribution in [1.82, 2.24) is 4.90 Å². The van der Waals surface area contributed by atoms with Crippen LogP contribution < -0.4 is 10.1 Å². The number of amides is 1. The van der Waals surface area contributed by atoms with Gasteiger partial charge in [0.05, 0.1) is 7.11 Å². The maximum Gasteiger partial charge on any atom is 0.227 e. The summed E-state index contributed by atoms with van der Waals surface area (Å²) in [6.07, 6.45) is 1.81. The molecule has 1 saturated heterocycles. The second-order valence-corrected chi connectivity index (χ2v) is 6.76. The van der Waals surface area contributed by atoms with Gasteiger partial charge in [-0.1, -0.05) is 35.9 Å². The Balaban J connectivity index is 1.49. The number of aryl methyl sites for hydroxylation is 1. The molecule has 4 nitrogen and oxygen atoms in total. The molecule has 2 aromatic rings. The summed E-state index contributed by atoms with van der Waals surface area (Å²) in [7, 11) is 1.63. The van der Waals surface area contributed by atoms with Crippen molar-refractivity contribution in [3.63, 3.8) is 0 Å². The summed E-state index contributed by atoms with van der Waals surface area (Å²) in [5.74, 6) is 0.953. The highest BCUT2D eigenvalue weighted by atomic mass is 16.5. The molecule has 0 radical (unpaired) electrons. The number of nitrogens with zero attached hydrogens (tertiary/aromatic N) is 1. The van der Waals surface area contributed by atoms with E-state index in [0.29, 0.717) is 0 Å². The molecule has 25 heavy (non-hydrogen) atoms. The summed E-state index contributed by atoms with van der Waals surface area (Å²) in [4.78, 5) is 14.9. The van der Waals surface area contributed by atoms with Crippen molar-refractivity contribution < 1.29 is 9.53 Å². The Morgan fingerprint density at radius 3 is 2.56 bits per heavy atom. The van der Waals surface area contributed by atoms with E-state index >= 15 is 0 Å². The van der Waals surface area contributed by atoms with Gasteiger partial charge in [-0.3, -0.25) is 9.69 Å². The van der Waals surface area contributed by atoms with Crippen molar-refractivity contribution in [2.75, 3.05) is 25.5 Å². The van der Waals surface area contributed by atoms with E-state index in [1.807, 2.05) is 24.3 Å². The number of hydrogen-bond acceptors (Lipinski definition) is 3. The number of piperidine rings is 1. The molecule has 2 aromatic carbocycles. The Kier molecular flexibility index (Phi) is 5.71. The van der Waals surface area contributed by atoms with Gasteiger partial charge in [-0.2, -0.15) is 0 Å². The number of hydrogen-bond donors (Lipinski definition) is 1. The van der Waals surface area contributed by atoms with Crippen LogP contribution in [0, 0.1) is 12.8 Å². The first-order valence-electron chi connectivity index (χ1n) is 8.87. The third-order valence-corrected chi connectivity index (χ3v) is 4.82. The van der Waals surface area contributed by atoms with Gasteiger partial charge in [0.1, 0.15) is 5.75 Å². The highest BCUT2D eigenvalue weighted by molar-refractivity contribution is 5.92. The molecule has 3 rings (SSSR count). The number of carbonyl (C=O) groups is 1. The summed E-state index contributed by atoms with van der Waals surface area (Å²) >= 11 is 0. The largest absolute Gasteiger partial charge is 0.497 e. The van der Waals surface area contributed by atoms with Gasteiger partial charge in [-0.15, -0.1) is 0 Å². The standard InChI is InChI=1S/C21H26N2O2/c1-16-6-8-17(9-7-16)15-23-12-10-18(11-13-23)21(24)22-19-4-3-5-20(14-19)25-2/h3-9,14,18H,10-13,15H2,1-2H3,(H,22,24). The molecule has 132 valence electrons. The number of nitrogens with one attached hydrogen (secondary N) is 1. The maximum absolute atomic E-state index is 12.5. The molecule has 0 unspecified atom stereocenters. The van der Waals surface area contributed by atoms with E-state index in [0.717, 1.165) is 43.9 Å². The van der Waals surface area contributed by atoms with Crippen LogP contribution in [0.2, 0.25) is 0 Å². The van der Waals surface area contributed by atoms with Gasteiger partial charge in [0.15, 0.2) is 0 Å². The minimum Gasteiger partial charge on any atom is -0.497 e. The third-order valence-electron chi connectivity index (χ3n) is 4.82. The second-order valence-electron chi connectivity index (χ2n) is 6.76. The topological polar surface area (TPSA) is 41.6 Å². The molecule has 0 aromatic heterocycles. The van der Waals surface area contributed by atoms with Gasteiger partial charge in [-0.25, -0.2) is 0 Å². The van der Waals surface area contributed by atoms with E-state index in [1.54, 1.807) is 7.11 Å². The average molecular weight is 338 g/mol. The van der Waals surface area contributed by atoms with Crippen LogP contribution in [0.15, 0.2) is 48.5 Å². The van der Waals surface area contributed by atoms with E-state index < -0.39 is 0 Å². The van der Waals surface area contributed by atoms with Crippen LogP contribution in [0.5, 0.6) is 5.75 Å². The van der Waals surface area contributed by atoms with Crippen molar-refractivity contribution in [3.8, 4) is 5.75 Å². The number of carbonyl (C=O) groups excluding carboxylic acids is 1. The van der Waals surface area contributed by atoms with Crippen LogP contribution in [-0.2, 0) is 11.3 Å². The second kappa shape index (κ2) is 8.17. The fraction of sp³-hybridized carbons (Fsp3) is 0.381. The smallest absolute Gasteiger partial charge is 0.227 e. The summed E-state index contributed by atoms with van der Waals surface area (Å²) < 4.78 is 5.20. The van der Waals surface area contributed by atoms with Crippen LogP contribution >= 0.6 is 0 Å². The number of anilines is 1. The first-order valence-corrected chi connectivity index (χ1v) is 8.87. The maximum atomic E-state index is 12.5. The normalized spacial score (nSPS) is 15.8. The lowest BCUT2D eigenvalue weighted by molar-refractivity contribution is -0.121.